The van der Waals surface area contributed by atoms with Crippen LogP contribution in [0.3, 0.4) is 0 Å². The molecule has 88 valence electrons. The summed E-state index contributed by atoms with van der Waals surface area (Å²) >= 11 is 2.28. The van der Waals surface area contributed by atoms with Crippen LogP contribution in [0.4, 0.5) is 0 Å². The molecular formula is C14H14INO. The van der Waals surface area contributed by atoms with Gasteiger partial charge in [0.1, 0.15) is 12.4 Å². The first-order valence-electron chi connectivity index (χ1n) is 5.47. The van der Waals surface area contributed by atoms with Crippen LogP contribution in [0.25, 0.3) is 0 Å². The number of rotatable bonds is 3. The van der Waals surface area contributed by atoms with E-state index in [4.69, 9.17) is 4.74 Å². The van der Waals surface area contributed by atoms with Crippen molar-refractivity contribution in [3.8, 4) is 5.75 Å². The number of hydrogen-bond acceptors (Lipinski definition) is 2. The molecule has 0 N–H and O–H groups in total. The lowest BCUT2D eigenvalue weighted by Gasteiger charge is -2.10. The monoisotopic (exact) mass is 339 g/mol. The van der Waals surface area contributed by atoms with Gasteiger partial charge in [0.25, 0.3) is 0 Å². The van der Waals surface area contributed by atoms with Crippen LogP contribution in [0.1, 0.15) is 17.0 Å². The highest BCUT2D eigenvalue weighted by molar-refractivity contribution is 14.1. The Morgan fingerprint density at radius 3 is 2.59 bits per heavy atom. The van der Waals surface area contributed by atoms with E-state index in [1.165, 1.54) is 5.56 Å². The molecule has 0 saturated carbocycles. The highest BCUT2D eigenvalue weighted by Gasteiger charge is 2.06. The van der Waals surface area contributed by atoms with Gasteiger partial charge in [-0.3, -0.25) is 4.98 Å². The number of ether oxygens (including phenoxy) is 1. The first-order chi connectivity index (χ1) is 8.16. The van der Waals surface area contributed by atoms with Crippen LogP contribution in [-0.2, 0) is 6.61 Å². The summed E-state index contributed by atoms with van der Waals surface area (Å²) in [4.78, 5) is 4.40. The average Bonchev–Trinajstić information content (AvgIpc) is 2.33. The van der Waals surface area contributed by atoms with E-state index in [1.807, 2.05) is 38.1 Å². The lowest BCUT2D eigenvalue weighted by molar-refractivity contribution is 0.303. The third-order valence-corrected chi connectivity index (χ3v) is 3.77. The van der Waals surface area contributed by atoms with E-state index >= 15 is 0 Å². The molecule has 0 unspecified atom stereocenters. The molecule has 0 aliphatic rings. The number of aryl methyl sites for hydroxylation is 2. The summed E-state index contributed by atoms with van der Waals surface area (Å²) in [5, 5.41) is 0. The molecule has 1 heterocycles. The van der Waals surface area contributed by atoms with E-state index in [9.17, 15) is 0 Å². The maximum absolute atomic E-state index is 5.84. The molecule has 3 heteroatoms. The van der Waals surface area contributed by atoms with Crippen LogP contribution >= 0.6 is 22.6 Å². The van der Waals surface area contributed by atoms with Gasteiger partial charge in [-0.05, 0) is 42.0 Å². The van der Waals surface area contributed by atoms with Crippen LogP contribution in [-0.4, -0.2) is 4.98 Å². The quantitative estimate of drug-likeness (QED) is 0.792. The summed E-state index contributed by atoms with van der Waals surface area (Å²) < 4.78 is 6.92. The molecular weight excluding hydrogens is 325 g/mol. The third-order valence-electron chi connectivity index (χ3n) is 2.46. The van der Waals surface area contributed by atoms with Crippen molar-refractivity contribution in [3.05, 3.63) is 56.9 Å². The van der Waals surface area contributed by atoms with Crippen molar-refractivity contribution < 1.29 is 4.74 Å². The van der Waals surface area contributed by atoms with Crippen LogP contribution in [0.2, 0.25) is 0 Å². The zero-order chi connectivity index (χ0) is 12.3. The SMILES string of the molecule is Cc1cc(OCc2ccccc2)c(I)c(C)n1. The third kappa shape index (κ3) is 3.19. The largest absolute Gasteiger partial charge is 0.488 e. The summed E-state index contributed by atoms with van der Waals surface area (Å²) in [5.41, 5.74) is 3.19. The number of benzene rings is 1. The predicted octanol–water partition coefficient (Wildman–Crippen LogP) is 3.88. The van der Waals surface area contributed by atoms with Crippen LogP contribution in [0.5, 0.6) is 5.75 Å². The lowest BCUT2D eigenvalue weighted by Crippen LogP contribution is -2.00. The van der Waals surface area contributed by atoms with Gasteiger partial charge in [0.2, 0.25) is 0 Å². The Labute approximate surface area is 115 Å². The minimum absolute atomic E-state index is 0.597. The summed E-state index contributed by atoms with van der Waals surface area (Å²) in [6, 6.07) is 12.2. The molecule has 0 amide bonds. The van der Waals surface area contributed by atoms with E-state index in [1.54, 1.807) is 0 Å². The van der Waals surface area contributed by atoms with Gasteiger partial charge in [-0.15, -0.1) is 0 Å². The fourth-order valence-corrected chi connectivity index (χ4v) is 2.05. The van der Waals surface area contributed by atoms with Gasteiger partial charge in [-0.25, -0.2) is 0 Å². The Morgan fingerprint density at radius 2 is 1.88 bits per heavy atom. The van der Waals surface area contributed by atoms with E-state index in [0.29, 0.717) is 6.61 Å². The minimum Gasteiger partial charge on any atom is -0.488 e. The molecule has 2 rings (SSSR count). The Morgan fingerprint density at radius 1 is 1.18 bits per heavy atom. The van der Waals surface area contributed by atoms with Crippen LogP contribution in [0.15, 0.2) is 36.4 Å². The van der Waals surface area contributed by atoms with Crippen LogP contribution in [0, 0.1) is 17.4 Å². The van der Waals surface area contributed by atoms with Gasteiger partial charge >= 0.3 is 0 Å². The number of pyridine rings is 1. The molecule has 0 bridgehead atoms. The zero-order valence-corrected chi connectivity index (χ0v) is 12.1. The van der Waals surface area contributed by atoms with Gasteiger partial charge in [0.05, 0.1) is 9.26 Å². The Hall–Kier alpha value is -1.10. The van der Waals surface area contributed by atoms with Crippen molar-refractivity contribution >= 4 is 22.6 Å². The molecule has 17 heavy (non-hydrogen) atoms. The van der Waals surface area contributed by atoms with Crippen molar-refractivity contribution in [3.63, 3.8) is 0 Å². The number of hydrogen-bond donors (Lipinski definition) is 0. The van der Waals surface area contributed by atoms with E-state index in [2.05, 4.69) is 39.7 Å². The highest BCUT2D eigenvalue weighted by atomic mass is 127. The van der Waals surface area contributed by atoms with E-state index in [-0.39, 0.29) is 0 Å². The molecule has 2 nitrogen and oxygen atoms in total. The Balaban J connectivity index is 2.14. The second kappa shape index (κ2) is 5.49. The topological polar surface area (TPSA) is 22.1 Å². The maximum atomic E-state index is 5.84. The number of nitrogens with zero attached hydrogens (tertiary/aromatic N) is 1. The number of halogens is 1. The zero-order valence-electron chi connectivity index (χ0n) is 9.90. The second-order valence-corrected chi connectivity index (χ2v) is 5.01. The lowest BCUT2D eigenvalue weighted by atomic mass is 10.2. The average molecular weight is 339 g/mol. The van der Waals surface area contributed by atoms with E-state index in [0.717, 1.165) is 20.7 Å². The first-order valence-corrected chi connectivity index (χ1v) is 6.55. The van der Waals surface area contributed by atoms with Crippen molar-refractivity contribution in [2.45, 2.75) is 20.5 Å². The molecule has 1 aromatic heterocycles. The summed E-state index contributed by atoms with van der Waals surface area (Å²) in [6.07, 6.45) is 0. The summed E-state index contributed by atoms with van der Waals surface area (Å²) in [6.45, 7) is 4.59. The maximum Gasteiger partial charge on any atom is 0.136 e. The standard InChI is InChI=1S/C14H14INO/c1-10-8-13(14(15)11(2)16-10)17-9-12-6-4-3-5-7-12/h3-8H,9H2,1-2H3. The number of aromatic nitrogens is 1. The van der Waals surface area contributed by atoms with Crippen molar-refractivity contribution in [2.75, 3.05) is 0 Å². The minimum atomic E-state index is 0.597. The smallest absolute Gasteiger partial charge is 0.136 e. The molecule has 1 aromatic carbocycles. The van der Waals surface area contributed by atoms with Gasteiger partial charge in [0.15, 0.2) is 0 Å². The normalized spacial score (nSPS) is 10.3. The molecule has 0 atom stereocenters. The molecule has 0 spiro atoms. The van der Waals surface area contributed by atoms with Gasteiger partial charge in [-0.2, -0.15) is 0 Å². The second-order valence-electron chi connectivity index (χ2n) is 3.94. The van der Waals surface area contributed by atoms with Gasteiger partial charge < -0.3 is 4.74 Å². The fraction of sp³-hybridized carbons (Fsp3) is 0.214. The predicted molar refractivity (Wildman–Crippen MR) is 77.2 cm³/mol. The summed E-state index contributed by atoms with van der Waals surface area (Å²) in [7, 11) is 0. The molecule has 0 radical (unpaired) electrons. The van der Waals surface area contributed by atoms with Crippen molar-refractivity contribution in [1.29, 1.82) is 0 Å². The Bertz CT molecular complexity index is 511. The van der Waals surface area contributed by atoms with Gasteiger partial charge in [-0.1, -0.05) is 30.3 Å². The Kier molecular flexibility index (Phi) is 3.99. The van der Waals surface area contributed by atoms with E-state index < -0.39 is 0 Å². The highest BCUT2D eigenvalue weighted by Crippen LogP contribution is 2.24. The first kappa shape index (κ1) is 12.4. The fourth-order valence-electron chi connectivity index (χ4n) is 1.62. The molecule has 0 saturated heterocycles. The summed E-state index contributed by atoms with van der Waals surface area (Å²) in [5.74, 6) is 0.916. The van der Waals surface area contributed by atoms with Crippen LogP contribution < -0.4 is 4.74 Å². The molecule has 0 fully saturated rings. The molecule has 2 aromatic rings. The van der Waals surface area contributed by atoms with Gasteiger partial charge in [0, 0.05) is 11.8 Å². The molecule has 0 aliphatic carbocycles. The van der Waals surface area contributed by atoms with Crippen molar-refractivity contribution in [2.24, 2.45) is 0 Å². The molecule has 0 aliphatic heterocycles. The van der Waals surface area contributed by atoms with Crippen molar-refractivity contribution in [1.82, 2.24) is 4.98 Å².